The maximum absolute atomic E-state index is 12.3. The van der Waals surface area contributed by atoms with Crippen LogP contribution in [0.1, 0.15) is 110 Å². The highest BCUT2D eigenvalue weighted by Crippen LogP contribution is 2.36. The van der Waals surface area contributed by atoms with Gasteiger partial charge in [0.25, 0.3) is 0 Å². The molecule has 5 nitrogen and oxygen atoms in total. The largest absolute Gasteiger partial charge is 0.481 e. The third-order valence-electron chi connectivity index (χ3n) is 8.47. The molecule has 0 radical (unpaired) electrons. The van der Waals surface area contributed by atoms with Gasteiger partial charge in [-0.15, -0.1) is 0 Å². The lowest BCUT2D eigenvalue weighted by atomic mass is 9.93. The summed E-state index contributed by atoms with van der Waals surface area (Å²) in [7, 11) is 0. The zero-order valence-corrected chi connectivity index (χ0v) is 25.8. The zero-order valence-electron chi connectivity index (χ0n) is 25.8. The molecule has 4 rings (SSSR count). The van der Waals surface area contributed by atoms with Crippen molar-refractivity contribution in [2.45, 2.75) is 104 Å². The molecule has 0 heterocycles. The van der Waals surface area contributed by atoms with Crippen LogP contribution in [-0.2, 0) is 19.1 Å². The Labute approximate surface area is 246 Å². The maximum atomic E-state index is 12.3. The summed E-state index contributed by atoms with van der Waals surface area (Å²) in [6.07, 6.45) is 6.87. The second-order valence-corrected chi connectivity index (χ2v) is 11.3. The number of rotatable bonds is 11. The van der Waals surface area contributed by atoms with Crippen LogP contribution in [-0.4, -0.2) is 24.1 Å². The number of ether oxygens (including phenoxy) is 3. The van der Waals surface area contributed by atoms with Crippen molar-refractivity contribution in [3.05, 3.63) is 77.9 Å². The summed E-state index contributed by atoms with van der Waals surface area (Å²) in [5.41, 5.74) is 2.10. The fourth-order valence-corrected chi connectivity index (χ4v) is 5.28. The topological polar surface area (TPSA) is 61.8 Å². The van der Waals surface area contributed by atoms with Gasteiger partial charge in [0, 0.05) is 5.39 Å². The van der Waals surface area contributed by atoms with Crippen LogP contribution in [0.4, 0.5) is 0 Å². The second kappa shape index (κ2) is 15.6. The predicted octanol–water partition coefficient (Wildman–Crippen LogP) is 9.34. The van der Waals surface area contributed by atoms with Gasteiger partial charge in [-0.1, -0.05) is 95.3 Å². The highest BCUT2D eigenvalue weighted by molar-refractivity contribution is 5.91. The average Bonchev–Trinajstić information content (AvgIpc) is 3.48. The Balaban J connectivity index is 0.000000263. The molecule has 3 aromatic carbocycles. The van der Waals surface area contributed by atoms with Crippen LogP contribution in [0, 0.1) is 5.92 Å². The average molecular weight is 561 g/mol. The van der Waals surface area contributed by atoms with Gasteiger partial charge >= 0.3 is 11.9 Å². The first-order valence-electron chi connectivity index (χ1n) is 15.3. The first kappa shape index (κ1) is 32.2. The highest BCUT2D eigenvalue weighted by Gasteiger charge is 2.35. The Morgan fingerprint density at radius 2 is 1.46 bits per heavy atom. The van der Waals surface area contributed by atoms with Gasteiger partial charge in [-0.2, -0.15) is 0 Å². The summed E-state index contributed by atoms with van der Waals surface area (Å²) in [5.74, 6) is 0.848. The fourth-order valence-electron chi connectivity index (χ4n) is 5.28. The molecule has 1 aliphatic rings. The van der Waals surface area contributed by atoms with Gasteiger partial charge in [-0.3, -0.25) is 4.79 Å². The first-order valence-corrected chi connectivity index (χ1v) is 15.3. The molecule has 0 N–H and O–H groups in total. The van der Waals surface area contributed by atoms with E-state index in [0.717, 1.165) is 61.6 Å². The van der Waals surface area contributed by atoms with Crippen molar-refractivity contribution in [1.29, 1.82) is 0 Å². The molecule has 0 aromatic heterocycles. The molecule has 0 amide bonds. The number of carbonyl (C=O) groups excluding carboxylic acids is 2. The molecule has 3 aromatic rings. The normalized spacial score (nSPS) is 16.1. The molecule has 41 heavy (non-hydrogen) atoms. The van der Waals surface area contributed by atoms with Gasteiger partial charge in [-0.05, 0) is 80.4 Å². The van der Waals surface area contributed by atoms with E-state index in [-0.39, 0.29) is 36.2 Å². The van der Waals surface area contributed by atoms with Gasteiger partial charge in [0.05, 0.1) is 5.92 Å². The summed E-state index contributed by atoms with van der Waals surface area (Å²) in [4.78, 5) is 23.9. The van der Waals surface area contributed by atoms with Crippen molar-refractivity contribution in [1.82, 2.24) is 0 Å². The van der Waals surface area contributed by atoms with Gasteiger partial charge in [0.15, 0.2) is 6.61 Å². The number of carbonyl (C=O) groups is 2. The van der Waals surface area contributed by atoms with E-state index < -0.39 is 0 Å². The van der Waals surface area contributed by atoms with Crippen molar-refractivity contribution in [3.8, 4) is 5.75 Å². The second-order valence-electron chi connectivity index (χ2n) is 11.3. The predicted molar refractivity (Wildman–Crippen MR) is 166 cm³/mol. The third-order valence-corrected chi connectivity index (χ3v) is 8.47. The van der Waals surface area contributed by atoms with Crippen LogP contribution < -0.4 is 4.74 Å². The number of hydrogen-bond acceptors (Lipinski definition) is 5. The molecule has 0 aliphatic heterocycles. The van der Waals surface area contributed by atoms with Crippen LogP contribution >= 0.6 is 0 Å². The molecule has 5 heteroatoms. The highest BCUT2D eigenvalue weighted by atomic mass is 16.6. The molecular formula is C36H48O5. The molecule has 1 saturated carbocycles. The standard InChI is InChI=1S/C23H30O3.C13H18O2/c1-4-17(3)18-10-8-12-20-19(18)11-9-13-21(20)25-16-22(24)26-23(5-2)14-6-7-15-23;1-4-10(2)13(14)15-11(3)12-8-6-5-7-9-12/h8-13,17H,4-7,14-16H2,1-3H3;5-11H,4H2,1-3H3. The molecule has 222 valence electrons. The summed E-state index contributed by atoms with van der Waals surface area (Å²) in [5, 5.41) is 2.26. The maximum Gasteiger partial charge on any atom is 0.344 e. The fraction of sp³-hybridized carbons (Fsp3) is 0.500. The summed E-state index contributed by atoms with van der Waals surface area (Å²) >= 11 is 0. The van der Waals surface area contributed by atoms with E-state index >= 15 is 0 Å². The van der Waals surface area contributed by atoms with E-state index in [1.807, 2.05) is 63.2 Å². The number of hydrogen-bond donors (Lipinski definition) is 0. The number of esters is 2. The van der Waals surface area contributed by atoms with Crippen LogP contribution in [0.3, 0.4) is 0 Å². The molecule has 3 unspecified atom stereocenters. The minimum Gasteiger partial charge on any atom is -0.481 e. The van der Waals surface area contributed by atoms with Crippen LogP contribution in [0.25, 0.3) is 10.8 Å². The molecule has 3 atom stereocenters. The summed E-state index contributed by atoms with van der Waals surface area (Å²) in [6.45, 7) is 12.3. The number of benzene rings is 3. The quantitative estimate of drug-likeness (QED) is 0.219. The molecular weight excluding hydrogens is 512 g/mol. The van der Waals surface area contributed by atoms with Gasteiger partial charge < -0.3 is 14.2 Å². The van der Waals surface area contributed by atoms with Crippen molar-refractivity contribution < 1.29 is 23.8 Å². The Morgan fingerprint density at radius 3 is 2.10 bits per heavy atom. The van der Waals surface area contributed by atoms with E-state index in [1.54, 1.807) is 0 Å². The SMILES string of the molecule is CCC(C)C(=O)OC(C)c1ccccc1.CCC(C)c1cccc2c(OCC(=O)OC3(CC)CCCC3)cccc12. The molecule has 0 spiro atoms. The summed E-state index contributed by atoms with van der Waals surface area (Å²) in [6, 6.07) is 22.2. The molecule has 0 saturated heterocycles. The smallest absolute Gasteiger partial charge is 0.344 e. The first-order chi connectivity index (χ1) is 19.7. The minimum atomic E-state index is -0.261. The Bertz CT molecular complexity index is 1250. The monoisotopic (exact) mass is 560 g/mol. The van der Waals surface area contributed by atoms with Crippen molar-refractivity contribution >= 4 is 22.7 Å². The Kier molecular flexibility index (Phi) is 12.2. The Hall–Kier alpha value is -3.34. The van der Waals surface area contributed by atoms with Crippen molar-refractivity contribution in [2.75, 3.05) is 6.61 Å². The lowest BCUT2D eigenvalue weighted by Crippen LogP contribution is -2.33. The van der Waals surface area contributed by atoms with Crippen molar-refractivity contribution in [3.63, 3.8) is 0 Å². The lowest BCUT2D eigenvalue weighted by molar-refractivity contribution is -0.162. The van der Waals surface area contributed by atoms with Crippen LogP contribution in [0.5, 0.6) is 5.75 Å². The molecule has 0 bridgehead atoms. The summed E-state index contributed by atoms with van der Waals surface area (Å²) < 4.78 is 17.0. The third kappa shape index (κ3) is 8.82. The Morgan fingerprint density at radius 1 is 0.805 bits per heavy atom. The number of fused-ring (bicyclic) bond motifs is 1. The van der Waals surface area contributed by atoms with E-state index in [2.05, 4.69) is 45.0 Å². The van der Waals surface area contributed by atoms with E-state index in [0.29, 0.717) is 5.92 Å². The molecule has 1 fully saturated rings. The molecule has 1 aliphatic carbocycles. The van der Waals surface area contributed by atoms with Crippen molar-refractivity contribution in [2.24, 2.45) is 5.92 Å². The minimum absolute atomic E-state index is 0.0174. The van der Waals surface area contributed by atoms with E-state index in [1.165, 1.54) is 10.9 Å². The van der Waals surface area contributed by atoms with Crippen LogP contribution in [0.15, 0.2) is 66.7 Å². The van der Waals surface area contributed by atoms with Gasteiger partial charge in [0.2, 0.25) is 0 Å². The van der Waals surface area contributed by atoms with Crippen LogP contribution in [0.2, 0.25) is 0 Å². The van der Waals surface area contributed by atoms with Gasteiger partial charge in [0.1, 0.15) is 17.5 Å². The zero-order chi connectivity index (χ0) is 29.8. The van der Waals surface area contributed by atoms with E-state index in [9.17, 15) is 9.59 Å². The van der Waals surface area contributed by atoms with Gasteiger partial charge in [-0.25, -0.2) is 4.79 Å². The van der Waals surface area contributed by atoms with E-state index in [4.69, 9.17) is 14.2 Å². The lowest BCUT2D eigenvalue weighted by Gasteiger charge is -2.27.